The molecule has 0 fully saturated rings. The van der Waals surface area contributed by atoms with Gasteiger partial charge in [-0.3, -0.25) is 4.79 Å². The Morgan fingerprint density at radius 1 is 1.12 bits per heavy atom. The van der Waals surface area contributed by atoms with Crippen LogP contribution in [0.1, 0.15) is 35.8 Å². The lowest BCUT2D eigenvalue weighted by Crippen LogP contribution is -2.20. The molecular formula is C24H23ClN6O3. The van der Waals surface area contributed by atoms with E-state index in [0.717, 1.165) is 0 Å². The third kappa shape index (κ3) is 4.51. The maximum absolute atomic E-state index is 13.5. The van der Waals surface area contributed by atoms with E-state index in [1.54, 1.807) is 48.7 Å². The number of hydrogen-bond acceptors (Lipinski definition) is 6. The zero-order valence-corrected chi connectivity index (χ0v) is 19.6. The van der Waals surface area contributed by atoms with Crippen LogP contribution in [0.25, 0.3) is 11.0 Å². The number of carbonyl (C=O) groups is 2. The number of benzene rings is 2. The molecule has 4 rings (SSSR count). The fraction of sp³-hybridized carbons (Fsp3) is 0.167. The molecule has 0 bridgehead atoms. The molecule has 174 valence electrons. The van der Waals surface area contributed by atoms with Crippen molar-refractivity contribution in [1.29, 1.82) is 0 Å². The van der Waals surface area contributed by atoms with Crippen molar-refractivity contribution in [3.63, 3.8) is 0 Å². The number of ketones is 1. The van der Waals surface area contributed by atoms with Crippen LogP contribution in [-0.4, -0.2) is 33.5 Å². The van der Waals surface area contributed by atoms with Gasteiger partial charge < -0.3 is 25.7 Å². The molecule has 0 aliphatic heterocycles. The third-order valence-corrected chi connectivity index (χ3v) is 5.47. The van der Waals surface area contributed by atoms with E-state index in [-0.39, 0.29) is 17.6 Å². The average Bonchev–Trinajstić information content (AvgIpc) is 3.20. The summed E-state index contributed by atoms with van der Waals surface area (Å²) in [6, 6.07) is 11.1. The molecule has 9 nitrogen and oxygen atoms in total. The van der Waals surface area contributed by atoms with Crippen molar-refractivity contribution in [3.8, 4) is 5.75 Å². The van der Waals surface area contributed by atoms with E-state index in [0.29, 0.717) is 44.3 Å². The van der Waals surface area contributed by atoms with E-state index in [4.69, 9.17) is 22.1 Å². The molecule has 4 N–H and O–H groups in total. The van der Waals surface area contributed by atoms with Gasteiger partial charge in [0.15, 0.2) is 5.78 Å². The maximum atomic E-state index is 13.5. The lowest BCUT2D eigenvalue weighted by molar-refractivity contribution is 0.104. The van der Waals surface area contributed by atoms with Gasteiger partial charge in [0.25, 0.3) is 0 Å². The summed E-state index contributed by atoms with van der Waals surface area (Å²) < 4.78 is 7.24. The first-order valence-electron chi connectivity index (χ1n) is 10.5. The number of hydrogen-bond donors (Lipinski definition) is 3. The van der Waals surface area contributed by atoms with Crippen LogP contribution in [0.3, 0.4) is 0 Å². The van der Waals surface area contributed by atoms with E-state index in [9.17, 15) is 9.59 Å². The Bertz CT molecular complexity index is 1400. The Labute approximate surface area is 200 Å². The Morgan fingerprint density at radius 3 is 2.62 bits per heavy atom. The molecule has 2 aromatic carbocycles. The molecule has 10 heteroatoms. The average molecular weight is 479 g/mol. The van der Waals surface area contributed by atoms with Gasteiger partial charge in [0.05, 0.1) is 23.7 Å². The number of fused-ring (bicyclic) bond motifs is 1. The molecule has 4 aromatic rings. The molecule has 2 aromatic heterocycles. The molecular weight excluding hydrogens is 456 g/mol. The van der Waals surface area contributed by atoms with E-state index in [1.807, 2.05) is 18.4 Å². The maximum Gasteiger partial charge on any atom is 0.323 e. The molecule has 0 saturated carbocycles. The van der Waals surface area contributed by atoms with Crippen LogP contribution in [0, 0.1) is 0 Å². The molecule has 0 saturated heterocycles. The fourth-order valence-corrected chi connectivity index (χ4v) is 3.82. The molecule has 34 heavy (non-hydrogen) atoms. The highest BCUT2D eigenvalue weighted by molar-refractivity contribution is 6.31. The summed E-state index contributed by atoms with van der Waals surface area (Å²) in [7, 11) is 1.48. The summed E-state index contributed by atoms with van der Waals surface area (Å²) in [6.45, 7) is 3.97. The second-order valence-corrected chi connectivity index (χ2v) is 8.27. The zero-order chi connectivity index (χ0) is 24.4. The third-order valence-electron chi connectivity index (χ3n) is 5.23. The summed E-state index contributed by atoms with van der Waals surface area (Å²) in [5.74, 6) is 0.331. The minimum Gasteiger partial charge on any atom is -0.495 e. The lowest BCUT2D eigenvalue weighted by Gasteiger charge is -2.13. The van der Waals surface area contributed by atoms with Gasteiger partial charge in [0, 0.05) is 28.5 Å². The van der Waals surface area contributed by atoms with E-state index < -0.39 is 6.03 Å². The summed E-state index contributed by atoms with van der Waals surface area (Å²) in [4.78, 5) is 34.4. The topological polar surface area (TPSA) is 124 Å². The van der Waals surface area contributed by atoms with Crippen molar-refractivity contribution in [2.45, 2.75) is 19.9 Å². The Hall–Kier alpha value is -4.11. The molecule has 2 heterocycles. The predicted molar refractivity (Wildman–Crippen MR) is 133 cm³/mol. The number of methoxy groups -OCH3 is 1. The zero-order valence-electron chi connectivity index (χ0n) is 18.8. The number of carbonyl (C=O) groups excluding carboxylic acids is 2. The number of nitrogens with two attached hydrogens (primary N) is 1. The highest BCUT2D eigenvalue weighted by Crippen LogP contribution is 2.31. The summed E-state index contributed by atoms with van der Waals surface area (Å²) in [5, 5.41) is 6.41. The number of nitrogens with zero attached hydrogens (tertiary/aromatic N) is 3. The number of aromatic nitrogens is 3. The molecule has 0 atom stereocenters. The largest absolute Gasteiger partial charge is 0.495 e. The van der Waals surface area contributed by atoms with Gasteiger partial charge in [-0.05, 0) is 50.2 Å². The van der Waals surface area contributed by atoms with Gasteiger partial charge in [-0.15, -0.1) is 0 Å². The second-order valence-electron chi connectivity index (χ2n) is 7.83. The Morgan fingerprint density at radius 2 is 1.91 bits per heavy atom. The van der Waals surface area contributed by atoms with Gasteiger partial charge in [-0.2, -0.15) is 0 Å². The highest BCUT2D eigenvalue weighted by Gasteiger charge is 2.22. The van der Waals surface area contributed by atoms with Crippen molar-refractivity contribution in [3.05, 3.63) is 71.1 Å². The number of amides is 2. The van der Waals surface area contributed by atoms with Gasteiger partial charge in [-0.1, -0.05) is 17.7 Å². The van der Waals surface area contributed by atoms with Crippen LogP contribution in [0.2, 0.25) is 5.02 Å². The van der Waals surface area contributed by atoms with Crippen molar-refractivity contribution in [2.24, 2.45) is 0 Å². The molecule has 0 aliphatic carbocycles. The van der Waals surface area contributed by atoms with Crippen molar-refractivity contribution in [1.82, 2.24) is 14.5 Å². The first-order valence-corrected chi connectivity index (χ1v) is 10.8. The number of ether oxygens (including phenoxy) is 1. The monoisotopic (exact) mass is 478 g/mol. The van der Waals surface area contributed by atoms with Crippen LogP contribution < -0.4 is 21.1 Å². The van der Waals surface area contributed by atoms with Crippen LogP contribution in [0.15, 0.2) is 55.0 Å². The second kappa shape index (κ2) is 9.40. The quantitative estimate of drug-likeness (QED) is 0.330. The van der Waals surface area contributed by atoms with Crippen LogP contribution in [0.4, 0.5) is 22.0 Å². The molecule has 2 amide bonds. The van der Waals surface area contributed by atoms with Crippen molar-refractivity contribution in [2.75, 3.05) is 23.5 Å². The first kappa shape index (κ1) is 23.1. The van der Waals surface area contributed by atoms with Crippen LogP contribution >= 0.6 is 11.6 Å². The van der Waals surface area contributed by atoms with Gasteiger partial charge in [-0.25, -0.2) is 14.8 Å². The standard InChI is InChI=1S/C24H23ClN6O3/c1-13(2)31-11-17(20-22(26)27-12-28-23(20)31)21(32)14-7-8-19(34-3)18(9-14)30-24(33)29-16-6-4-5-15(25)10-16/h4-13H,1-3H3,(H2,26,27,28)(H2,29,30,33). The molecule has 0 radical (unpaired) electrons. The number of rotatable bonds is 6. The number of urea groups is 1. The summed E-state index contributed by atoms with van der Waals surface area (Å²) in [6.07, 6.45) is 3.10. The molecule has 0 spiro atoms. The highest BCUT2D eigenvalue weighted by atomic mass is 35.5. The Kier molecular flexibility index (Phi) is 6.38. The predicted octanol–water partition coefficient (Wildman–Crippen LogP) is 5.13. The molecule has 0 aliphatic rings. The van der Waals surface area contributed by atoms with Crippen LogP contribution in [0.5, 0.6) is 5.75 Å². The van der Waals surface area contributed by atoms with Crippen molar-refractivity contribution >= 4 is 51.6 Å². The van der Waals surface area contributed by atoms with Crippen LogP contribution in [-0.2, 0) is 0 Å². The van der Waals surface area contributed by atoms with E-state index in [2.05, 4.69) is 20.6 Å². The normalized spacial score (nSPS) is 11.0. The summed E-state index contributed by atoms with van der Waals surface area (Å²) in [5.41, 5.74) is 8.24. The minimum atomic E-state index is -0.515. The van der Waals surface area contributed by atoms with Crippen molar-refractivity contribution < 1.29 is 14.3 Å². The number of halogens is 1. The van der Waals surface area contributed by atoms with Gasteiger partial charge in [0.1, 0.15) is 23.5 Å². The number of nitrogen functional groups attached to an aromatic ring is 1. The first-order chi connectivity index (χ1) is 16.3. The van der Waals surface area contributed by atoms with Gasteiger partial charge >= 0.3 is 6.03 Å². The van der Waals surface area contributed by atoms with E-state index >= 15 is 0 Å². The lowest BCUT2D eigenvalue weighted by atomic mass is 10.0. The fourth-order valence-electron chi connectivity index (χ4n) is 3.63. The Balaban J connectivity index is 1.68. The minimum absolute atomic E-state index is 0.0571. The van der Waals surface area contributed by atoms with Gasteiger partial charge in [0.2, 0.25) is 0 Å². The van der Waals surface area contributed by atoms with E-state index in [1.165, 1.54) is 13.4 Å². The SMILES string of the molecule is COc1ccc(C(=O)c2cn(C(C)C)c3ncnc(N)c23)cc1NC(=O)Nc1cccc(Cl)c1. The summed E-state index contributed by atoms with van der Waals surface area (Å²) >= 11 is 5.98. The molecule has 0 unspecified atom stereocenters. The smallest absolute Gasteiger partial charge is 0.323 e. The number of nitrogens with one attached hydrogen (secondary N) is 2. The number of anilines is 3.